The quantitative estimate of drug-likeness (QED) is 0.465. The molecule has 2 amide bonds. The van der Waals surface area contributed by atoms with E-state index in [1.165, 1.54) is 0 Å². The Labute approximate surface area is 190 Å². The molecule has 9 heteroatoms. The van der Waals surface area contributed by atoms with Gasteiger partial charge in [0.05, 0.1) is 18.6 Å². The second-order valence-electron chi connectivity index (χ2n) is 9.59. The first-order chi connectivity index (χ1) is 14.3. The Morgan fingerprint density at radius 3 is 2.35 bits per heavy atom. The minimum atomic E-state index is -0.764. The first kappa shape index (κ1) is 23.4. The van der Waals surface area contributed by atoms with Crippen LogP contribution in [0.1, 0.15) is 58.6 Å². The molecule has 1 aromatic rings. The molecule has 8 nitrogen and oxygen atoms in total. The predicted octanol–water partition coefficient (Wildman–Crippen LogP) is 4.40. The Morgan fingerprint density at radius 1 is 1.13 bits per heavy atom. The van der Waals surface area contributed by atoms with Gasteiger partial charge in [0.2, 0.25) is 0 Å². The highest BCUT2D eigenvalue weighted by Gasteiger charge is 2.47. The molecule has 1 aliphatic carbocycles. The number of hydrogen-bond acceptors (Lipinski definition) is 6. The molecule has 31 heavy (non-hydrogen) atoms. The molecule has 0 saturated heterocycles. The normalized spacial score (nSPS) is 21.7. The number of aliphatic hydroxyl groups excluding tert-OH is 1. The summed E-state index contributed by atoms with van der Waals surface area (Å²) in [6, 6.07) is 3.12. The Hall–Kier alpha value is -2.26. The van der Waals surface area contributed by atoms with Crippen molar-refractivity contribution in [1.29, 1.82) is 0 Å². The van der Waals surface area contributed by atoms with E-state index in [2.05, 4.69) is 21.4 Å². The number of carbonyl (C=O) groups is 2. The number of carbonyl (C=O) groups excluding carboxylic acids is 2. The fraction of sp³-hybridized carbons (Fsp3) is 0.545. The maximum atomic E-state index is 13.0. The van der Waals surface area contributed by atoms with Gasteiger partial charge in [-0.05, 0) is 59.8 Å². The van der Waals surface area contributed by atoms with Crippen molar-refractivity contribution in [3.05, 3.63) is 39.9 Å². The molecule has 0 unspecified atom stereocenters. The summed E-state index contributed by atoms with van der Waals surface area (Å²) in [6.07, 6.45) is 1.83. The zero-order valence-electron chi connectivity index (χ0n) is 18.6. The van der Waals surface area contributed by atoms with E-state index in [-0.39, 0.29) is 18.6 Å². The maximum absolute atomic E-state index is 13.0. The predicted molar refractivity (Wildman–Crippen MR) is 118 cm³/mol. The molecule has 2 aliphatic rings. The average Bonchev–Trinajstić information content (AvgIpc) is 3.15. The number of amides is 2. The van der Waals surface area contributed by atoms with Crippen LogP contribution in [0.15, 0.2) is 28.8 Å². The molecular formula is C22H29BrN2O6. The number of aliphatic hydroxyl groups is 1. The number of fused-ring (bicyclic) bond motifs is 3. The van der Waals surface area contributed by atoms with Crippen LogP contribution in [0.25, 0.3) is 0 Å². The lowest BCUT2D eigenvalue weighted by molar-refractivity contribution is -0.00779. The zero-order chi connectivity index (χ0) is 23.1. The highest BCUT2D eigenvalue weighted by Crippen LogP contribution is 2.48. The van der Waals surface area contributed by atoms with E-state index < -0.39 is 29.4 Å². The zero-order valence-corrected chi connectivity index (χ0v) is 20.1. The van der Waals surface area contributed by atoms with Gasteiger partial charge in [-0.15, -0.1) is 0 Å². The molecule has 0 radical (unpaired) electrons. The Balaban J connectivity index is 1.95. The molecule has 0 saturated carbocycles. The van der Waals surface area contributed by atoms with Crippen molar-refractivity contribution < 1.29 is 28.9 Å². The monoisotopic (exact) mass is 496 g/mol. The van der Waals surface area contributed by atoms with Crippen LogP contribution in [0.2, 0.25) is 0 Å². The summed E-state index contributed by atoms with van der Waals surface area (Å²) in [6.45, 7) is 10.3. The van der Waals surface area contributed by atoms with Gasteiger partial charge in [0.1, 0.15) is 23.1 Å². The second kappa shape index (κ2) is 8.35. The van der Waals surface area contributed by atoms with Gasteiger partial charge in [-0.25, -0.2) is 20.0 Å². The molecule has 0 aromatic heterocycles. The minimum absolute atomic E-state index is 0.179. The molecule has 1 aromatic carbocycles. The third kappa shape index (κ3) is 5.33. The van der Waals surface area contributed by atoms with Gasteiger partial charge in [-0.1, -0.05) is 22.0 Å². The van der Waals surface area contributed by atoms with Crippen molar-refractivity contribution in [2.24, 2.45) is 0 Å². The van der Waals surface area contributed by atoms with E-state index in [9.17, 15) is 14.7 Å². The summed E-state index contributed by atoms with van der Waals surface area (Å²) in [5.74, 6) is 0.303. The van der Waals surface area contributed by atoms with Gasteiger partial charge in [0.15, 0.2) is 0 Å². The van der Waals surface area contributed by atoms with Gasteiger partial charge < -0.3 is 19.3 Å². The van der Waals surface area contributed by atoms with Gasteiger partial charge in [-0.2, -0.15) is 0 Å². The van der Waals surface area contributed by atoms with Crippen LogP contribution in [-0.2, 0) is 16.1 Å². The lowest BCUT2D eigenvalue weighted by Gasteiger charge is -2.34. The average molecular weight is 497 g/mol. The van der Waals surface area contributed by atoms with Crippen LogP contribution in [0.5, 0.6) is 5.75 Å². The molecule has 1 heterocycles. The van der Waals surface area contributed by atoms with Crippen molar-refractivity contribution in [1.82, 2.24) is 10.4 Å². The van der Waals surface area contributed by atoms with Gasteiger partial charge in [-0.3, -0.25) is 0 Å². The molecule has 3 atom stereocenters. The summed E-state index contributed by atoms with van der Waals surface area (Å²) in [4.78, 5) is 25.6. The fourth-order valence-corrected chi connectivity index (χ4v) is 4.17. The van der Waals surface area contributed by atoms with Crippen molar-refractivity contribution in [3.63, 3.8) is 0 Å². The lowest BCUT2D eigenvalue weighted by atomic mass is 9.91. The highest BCUT2D eigenvalue weighted by molar-refractivity contribution is 9.10. The number of nitrogens with one attached hydrogen (secondary N) is 1. The van der Waals surface area contributed by atoms with Crippen molar-refractivity contribution in [2.75, 3.05) is 0 Å². The van der Waals surface area contributed by atoms with E-state index in [0.717, 1.165) is 15.0 Å². The fourth-order valence-electron chi connectivity index (χ4n) is 3.65. The largest absolute Gasteiger partial charge is 0.485 e. The third-order valence-electron chi connectivity index (χ3n) is 4.66. The Kier molecular flexibility index (Phi) is 6.30. The Bertz CT molecular complexity index is 902. The van der Waals surface area contributed by atoms with E-state index in [1.807, 2.05) is 12.1 Å². The second-order valence-corrected chi connectivity index (χ2v) is 10.5. The maximum Gasteiger partial charge on any atom is 0.429 e. The molecule has 0 fully saturated rings. The van der Waals surface area contributed by atoms with Crippen molar-refractivity contribution in [2.45, 2.75) is 77.4 Å². The summed E-state index contributed by atoms with van der Waals surface area (Å²) in [5, 5.41) is 10.9. The summed E-state index contributed by atoms with van der Waals surface area (Å²) in [5.41, 5.74) is 2.54. The van der Waals surface area contributed by atoms with E-state index in [4.69, 9.17) is 14.2 Å². The molecule has 0 bridgehead atoms. The van der Waals surface area contributed by atoms with Gasteiger partial charge in [0.25, 0.3) is 0 Å². The molecule has 0 spiro atoms. The number of hydrazine groups is 1. The van der Waals surface area contributed by atoms with Crippen LogP contribution in [-0.4, -0.2) is 45.6 Å². The third-order valence-corrected chi connectivity index (χ3v) is 5.12. The number of halogens is 1. The summed E-state index contributed by atoms with van der Waals surface area (Å²) >= 11 is 3.47. The van der Waals surface area contributed by atoms with Crippen molar-refractivity contribution >= 4 is 28.1 Å². The first-order valence-corrected chi connectivity index (χ1v) is 10.9. The van der Waals surface area contributed by atoms with E-state index >= 15 is 0 Å². The number of ether oxygens (including phenoxy) is 3. The molecule has 170 valence electrons. The number of nitrogens with zero attached hydrogens (tertiary/aromatic N) is 1. The first-order valence-electron chi connectivity index (χ1n) is 10.1. The van der Waals surface area contributed by atoms with Crippen LogP contribution in [0.4, 0.5) is 9.59 Å². The van der Waals surface area contributed by atoms with Gasteiger partial charge in [0, 0.05) is 15.6 Å². The van der Waals surface area contributed by atoms with Crippen molar-refractivity contribution in [3.8, 4) is 5.75 Å². The minimum Gasteiger partial charge on any atom is -0.485 e. The summed E-state index contributed by atoms with van der Waals surface area (Å²) in [7, 11) is 0. The molecule has 3 rings (SSSR count). The molecular weight excluding hydrogens is 468 g/mol. The number of benzene rings is 1. The van der Waals surface area contributed by atoms with E-state index in [1.54, 1.807) is 53.7 Å². The Morgan fingerprint density at radius 2 is 1.77 bits per heavy atom. The number of rotatable bonds is 2. The highest BCUT2D eigenvalue weighted by atomic mass is 79.9. The summed E-state index contributed by atoms with van der Waals surface area (Å²) < 4.78 is 17.7. The SMILES string of the molecule is CC(C)(C)OC(=O)NN(C(=O)OC(C)(C)C)[C@@H]1C=C[C@H]2Oc3c(CO)cc(Br)cc3[C@@H]12. The number of hydrogen-bond donors (Lipinski definition) is 2. The molecule has 1 aliphatic heterocycles. The lowest BCUT2D eigenvalue weighted by Crippen LogP contribution is -2.55. The van der Waals surface area contributed by atoms with Gasteiger partial charge >= 0.3 is 12.2 Å². The van der Waals surface area contributed by atoms with E-state index in [0.29, 0.717) is 11.3 Å². The van der Waals surface area contributed by atoms with Crippen LogP contribution in [0.3, 0.4) is 0 Å². The van der Waals surface area contributed by atoms with Crippen LogP contribution >= 0.6 is 15.9 Å². The molecule has 2 N–H and O–H groups in total. The smallest absolute Gasteiger partial charge is 0.429 e. The standard InChI is InChI=1S/C22H29BrN2O6/c1-21(2,3)30-19(27)24-25(20(28)31-22(4,5)6)15-7-8-16-17(15)14-10-13(23)9-12(11-26)18(14)29-16/h7-10,15-17,26H,11H2,1-6H3,(H,24,27)/t15-,16-,17+/m1/s1. The van der Waals surface area contributed by atoms with Crippen LogP contribution in [0, 0.1) is 0 Å². The van der Waals surface area contributed by atoms with Crippen LogP contribution < -0.4 is 10.2 Å². The topological polar surface area (TPSA) is 97.3 Å².